The summed E-state index contributed by atoms with van der Waals surface area (Å²) in [5.74, 6) is 0. The van der Waals surface area contributed by atoms with Crippen molar-refractivity contribution >= 4 is 67.8 Å². The molecule has 0 saturated carbocycles. The van der Waals surface area contributed by atoms with E-state index in [2.05, 4.69) is 191 Å². The molecule has 236 valence electrons. The molecular weight excluding hydrogens is 677 g/mol. The van der Waals surface area contributed by atoms with Gasteiger partial charge in [-0.3, -0.25) is 0 Å². The van der Waals surface area contributed by atoms with Crippen LogP contribution in [0, 0.1) is 0 Å². The van der Waals surface area contributed by atoms with E-state index in [0.29, 0.717) is 0 Å². The molecule has 51 heavy (non-hydrogen) atoms. The Hall–Kier alpha value is -6.10. The number of nitrogens with zero attached hydrogens (tertiary/aromatic N) is 2. The van der Waals surface area contributed by atoms with Crippen molar-refractivity contribution in [2.75, 3.05) is 0 Å². The molecule has 2 radical (unpaired) electrons. The van der Waals surface area contributed by atoms with Gasteiger partial charge < -0.3 is 4.57 Å². The molecule has 2 aromatic heterocycles. The van der Waals surface area contributed by atoms with E-state index in [9.17, 15) is 0 Å². The second-order valence-corrected chi connectivity index (χ2v) is 16.3. The molecule has 2 nitrogen and oxygen atoms in total. The first kappa shape index (κ1) is 28.7. The molecular formula is C48H30GeN2. The van der Waals surface area contributed by atoms with Crippen LogP contribution in [0.3, 0.4) is 0 Å². The second kappa shape index (κ2) is 11.2. The fraction of sp³-hybridized carbons (Fsp3) is 0. The van der Waals surface area contributed by atoms with E-state index in [4.69, 9.17) is 0 Å². The van der Waals surface area contributed by atoms with Crippen LogP contribution in [0.15, 0.2) is 182 Å². The number of para-hydroxylation sites is 2. The minimum absolute atomic E-state index is 0.282. The first-order chi connectivity index (χ1) is 25.3. The SMILES string of the molecule is c1ccc(-c2ccc(-n3c4ccccc4c4cc(-c5ccc6c(c5)c5ccccc5n6-c5cc[c]6c(c5)-c5cccc[c]5[Ge]6)ccc43)cc2)cc1. The first-order valence-electron chi connectivity index (χ1n) is 17.5. The van der Waals surface area contributed by atoms with Gasteiger partial charge in [-0.25, -0.2) is 0 Å². The Bertz CT molecular complexity index is 2980. The van der Waals surface area contributed by atoms with Crippen molar-refractivity contribution in [2.24, 2.45) is 0 Å². The average Bonchev–Trinajstić information content (AvgIpc) is 3.85. The zero-order valence-corrected chi connectivity index (χ0v) is 29.8. The maximum atomic E-state index is 2.45. The van der Waals surface area contributed by atoms with E-state index in [-0.39, 0.29) is 15.4 Å². The molecule has 0 saturated heterocycles. The van der Waals surface area contributed by atoms with Crippen molar-refractivity contribution in [1.29, 1.82) is 0 Å². The fourth-order valence-electron chi connectivity index (χ4n) is 8.27. The molecule has 10 aromatic rings. The Labute approximate surface area is 302 Å². The Balaban J connectivity index is 1.04. The molecule has 0 fully saturated rings. The molecule has 0 bridgehead atoms. The van der Waals surface area contributed by atoms with Gasteiger partial charge in [-0.2, -0.15) is 0 Å². The Morgan fingerprint density at radius 2 is 0.784 bits per heavy atom. The third kappa shape index (κ3) is 4.43. The predicted molar refractivity (Wildman–Crippen MR) is 216 cm³/mol. The Morgan fingerprint density at radius 1 is 0.294 bits per heavy atom. The molecule has 0 atom stereocenters. The zero-order valence-electron chi connectivity index (χ0n) is 27.7. The van der Waals surface area contributed by atoms with Crippen LogP contribution in [0.1, 0.15) is 0 Å². The van der Waals surface area contributed by atoms with Gasteiger partial charge in [0, 0.05) is 11.1 Å². The van der Waals surface area contributed by atoms with E-state index in [0.717, 1.165) is 0 Å². The fourth-order valence-corrected chi connectivity index (χ4v) is 11.1. The summed E-state index contributed by atoms with van der Waals surface area (Å²) in [7, 11) is 0. The number of aromatic nitrogens is 2. The van der Waals surface area contributed by atoms with Crippen molar-refractivity contribution in [3.63, 3.8) is 0 Å². The van der Waals surface area contributed by atoms with Gasteiger partial charge in [-0.05, 0) is 29.3 Å². The summed E-state index contributed by atoms with van der Waals surface area (Å²) in [6.45, 7) is 0. The van der Waals surface area contributed by atoms with Gasteiger partial charge in [-0.15, -0.1) is 0 Å². The molecule has 3 heteroatoms. The molecule has 11 rings (SSSR count). The Morgan fingerprint density at radius 3 is 1.47 bits per heavy atom. The number of benzene rings is 8. The van der Waals surface area contributed by atoms with Crippen molar-refractivity contribution in [3.05, 3.63) is 182 Å². The molecule has 1 aliphatic rings. The molecule has 0 unspecified atom stereocenters. The average molecular weight is 707 g/mol. The summed E-state index contributed by atoms with van der Waals surface area (Å²) in [5.41, 5.74) is 15.0. The topological polar surface area (TPSA) is 9.86 Å². The van der Waals surface area contributed by atoms with Gasteiger partial charge in [-0.1, -0.05) is 60.7 Å². The predicted octanol–water partition coefficient (Wildman–Crippen LogP) is 10.9. The third-order valence-electron chi connectivity index (χ3n) is 10.7. The number of rotatable bonds is 4. The van der Waals surface area contributed by atoms with Crippen LogP contribution >= 0.6 is 0 Å². The van der Waals surface area contributed by atoms with Crippen LogP contribution in [0.25, 0.3) is 88.4 Å². The third-order valence-corrected chi connectivity index (χ3v) is 13.6. The Kier molecular flexibility index (Phi) is 6.31. The minimum Gasteiger partial charge on any atom is -0.0617 e. The number of fused-ring (bicyclic) bond motifs is 9. The second-order valence-electron chi connectivity index (χ2n) is 13.5. The summed E-state index contributed by atoms with van der Waals surface area (Å²) in [6, 6.07) is 67.2. The van der Waals surface area contributed by atoms with E-state index in [1.165, 1.54) is 97.2 Å². The van der Waals surface area contributed by atoms with Crippen LogP contribution in [0.5, 0.6) is 0 Å². The first-order valence-corrected chi connectivity index (χ1v) is 19.6. The van der Waals surface area contributed by atoms with Crippen molar-refractivity contribution in [3.8, 4) is 44.8 Å². The van der Waals surface area contributed by atoms with Gasteiger partial charge in [0.1, 0.15) is 0 Å². The molecule has 8 aromatic carbocycles. The van der Waals surface area contributed by atoms with Crippen LogP contribution in [-0.4, -0.2) is 24.6 Å². The molecule has 0 spiro atoms. The van der Waals surface area contributed by atoms with Crippen LogP contribution < -0.4 is 8.79 Å². The zero-order chi connectivity index (χ0) is 33.5. The normalized spacial score (nSPS) is 12.2. The minimum atomic E-state index is -0.282. The van der Waals surface area contributed by atoms with Crippen molar-refractivity contribution in [1.82, 2.24) is 9.13 Å². The van der Waals surface area contributed by atoms with E-state index >= 15 is 0 Å². The standard InChI is InChI=1S/C48H30GeN2/c1-2-10-31(11-3-1)32-18-22-35(23-19-32)50-45-16-8-5-13-38(45)41-28-33(20-26-47(41)50)34-21-27-48-42(29-34)39-14-6-9-17-46(39)51(48)36-24-25-44-40(30-36)37-12-4-7-15-43(37)49-44/h1-30H. The van der Waals surface area contributed by atoms with Crippen molar-refractivity contribution in [2.45, 2.75) is 0 Å². The van der Waals surface area contributed by atoms with Crippen molar-refractivity contribution < 1.29 is 0 Å². The molecule has 0 N–H and O–H groups in total. The summed E-state index contributed by atoms with van der Waals surface area (Å²) in [5, 5.41) is 5.08. The van der Waals surface area contributed by atoms with Gasteiger partial charge >= 0.3 is 187 Å². The van der Waals surface area contributed by atoms with Gasteiger partial charge in [0.2, 0.25) is 0 Å². The molecule has 3 heterocycles. The van der Waals surface area contributed by atoms with E-state index in [1.54, 1.807) is 0 Å². The molecule has 0 aliphatic carbocycles. The smallest absolute Gasteiger partial charge is 0.0617 e. The summed E-state index contributed by atoms with van der Waals surface area (Å²) in [6.07, 6.45) is 0. The molecule has 0 amide bonds. The van der Waals surface area contributed by atoms with E-state index < -0.39 is 0 Å². The van der Waals surface area contributed by atoms with Gasteiger partial charge in [0.05, 0.1) is 11.0 Å². The van der Waals surface area contributed by atoms with E-state index in [1.807, 2.05) is 0 Å². The number of hydrogen-bond acceptors (Lipinski definition) is 0. The maximum absolute atomic E-state index is 2.45. The number of hydrogen-bond donors (Lipinski definition) is 0. The molecule has 1 aliphatic heterocycles. The van der Waals surface area contributed by atoms with Crippen LogP contribution in [-0.2, 0) is 0 Å². The summed E-state index contributed by atoms with van der Waals surface area (Å²) >= 11 is -0.282. The monoisotopic (exact) mass is 708 g/mol. The van der Waals surface area contributed by atoms with Gasteiger partial charge in [0.25, 0.3) is 0 Å². The van der Waals surface area contributed by atoms with Crippen LogP contribution in [0.4, 0.5) is 0 Å². The quantitative estimate of drug-likeness (QED) is 0.161. The summed E-state index contributed by atoms with van der Waals surface area (Å²) in [4.78, 5) is 0. The summed E-state index contributed by atoms with van der Waals surface area (Å²) < 4.78 is 7.92. The van der Waals surface area contributed by atoms with Gasteiger partial charge in [0.15, 0.2) is 0 Å². The van der Waals surface area contributed by atoms with Crippen LogP contribution in [0.2, 0.25) is 0 Å².